The van der Waals surface area contributed by atoms with Gasteiger partial charge in [0, 0.05) is 19.0 Å². The van der Waals surface area contributed by atoms with Gasteiger partial charge in [-0.2, -0.15) is 0 Å². The third-order valence-electron chi connectivity index (χ3n) is 3.80. The van der Waals surface area contributed by atoms with Gasteiger partial charge in [-0.1, -0.05) is 12.1 Å². The molecule has 1 aliphatic rings. The topological polar surface area (TPSA) is 84.2 Å². The van der Waals surface area contributed by atoms with Crippen molar-refractivity contribution in [2.24, 2.45) is 11.7 Å². The largest absolute Gasteiger partial charge is 0.355 e. The lowest BCUT2D eigenvalue weighted by atomic mass is 9.86. The molecule has 108 valence electrons. The Bertz CT molecular complexity index is 494. The van der Waals surface area contributed by atoms with Crippen LogP contribution in [0.3, 0.4) is 0 Å². The highest BCUT2D eigenvalue weighted by atomic mass is 16.2. The maximum atomic E-state index is 12.3. The normalized spacial score (nSPS) is 22.1. The lowest BCUT2D eigenvalue weighted by molar-refractivity contribution is -0.120. The van der Waals surface area contributed by atoms with Gasteiger partial charge >= 0.3 is 0 Å². The van der Waals surface area contributed by atoms with E-state index in [2.05, 4.69) is 10.6 Å². The fourth-order valence-corrected chi connectivity index (χ4v) is 2.54. The summed E-state index contributed by atoms with van der Waals surface area (Å²) in [6.07, 6.45) is 3.40. The van der Waals surface area contributed by atoms with E-state index in [0.29, 0.717) is 11.3 Å². The third kappa shape index (κ3) is 3.36. The number of nitrogens with one attached hydrogen (secondary N) is 2. The third-order valence-corrected chi connectivity index (χ3v) is 3.80. The molecule has 20 heavy (non-hydrogen) atoms. The summed E-state index contributed by atoms with van der Waals surface area (Å²) in [6.45, 7) is 0. The predicted molar refractivity (Wildman–Crippen MR) is 78.4 cm³/mol. The number of nitrogens with two attached hydrogens (primary N) is 1. The molecule has 0 unspecified atom stereocenters. The van der Waals surface area contributed by atoms with E-state index in [1.807, 2.05) is 0 Å². The van der Waals surface area contributed by atoms with Gasteiger partial charge < -0.3 is 16.4 Å². The maximum absolute atomic E-state index is 12.3. The Morgan fingerprint density at radius 1 is 1.15 bits per heavy atom. The van der Waals surface area contributed by atoms with Gasteiger partial charge in [0.25, 0.3) is 5.91 Å². The Labute approximate surface area is 118 Å². The molecule has 0 saturated heterocycles. The summed E-state index contributed by atoms with van der Waals surface area (Å²) < 4.78 is 0. The van der Waals surface area contributed by atoms with Gasteiger partial charge in [0.05, 0.1) is 11.3 Å². The molecule has 0 spiro atoms. The SMILES string of the molecule is CNC(=O)c1ccccc1NC(=O)C1CCC(N)CC1. The Morgan fingerprint density at radius 2 is 1.80 bits per heavy atom. The highest BCUT2D eigenvalue weighted by Gasteiger charge is 2.25. The second kappa shape index (κ2) is 6.52. The minimum Gasteiger partial charge on any atom is -0.355 e. The Morgan fingerprint density at radius 3 is 2.45 bits per heavy atom. The number of carbonyl (C=O) groups is 2. The zero-order chi connectivity index (χ0) is 14.5. The second-order valence-electron chi connectivity index (χ2n) is 5.23. The number of hydrogen-bond acceptors (Lipinski definition) is 3. The van der Waals surface area contributed by atoms with Crippen LogP contribution in [0.4, 0.5) is 5.69 Å². The molecule has 4 N–H and O–H groups in total. The van der Waals surface area contributed by atoms with Gasteiger partial charge in [-0.05, 0) is 37.8 Å². The number of benzene rings is 1. The molecule has 0 heterocycles. The number of para-hydroxylation sites is 1. The van der Waals surface area contributed by atoms with Gasteiger partial charge in [0.1, 0.15) is 0 Å². The first-order chi connectivity index (χ1) is 9.61. The van der Waals surface area contributed by atoms with E-state index >= 15 is 0 Å². The first-order valence-electron chi connectivity index (χ1n) is 6.99. The quantitative estimate of drug-likeness (QED) is 0.781. The predicted octanol–water partition coefficient (Wildman–Crippen LogP) is 1.50. The van der Waals surface area contributed by atoms with Crippen LogP contribution in [0.2, 0.25) is 0 Å². The Kier molecular flexibility index (Phi) is 4.74. The van der Waals surface area contributed by atoms with Gasteiger partial charge in [0.15, 0.2) is 0 Å². The lowest BCUT2D eigenvalue weighted by Crippen LogP contribution is -2.33. The summed E-state index contributed by atoms with van der Waals surface area (Å²) in [5, 5.41) is 5.44. The molecule has 1 aliphatic carbocycles. The lowest BCUT2D eigenvalue weighted by Gasteiger charge is -2.25. The van der Waals surface area contributed by atoms with Crippen molar-refractivity contribution in [3.05, 3.63) is 29.8 Å². The average molecular weight is 275 g/mol. The standard InChI is InChI=1S/C15H21N3O2/c1-17-15(20)12-4-2-3-5-13(12)18-14(19)10-6-8-11(16)9-7-10/h2-5,10-11H,6-9,16H2,1H3,(H,17,20)(H,18,19). The molecule has 5 heteroatoms. The van der Waals surface area contributed by atoms with Crippen LogP contribution in [0.25, 0.3) is 0 Å². The summed E-state index contributed by atoms with van der Waals surface area (Å²) in [7, 11) is 1.57. The van der Waals surface area contributed by atoms with Crippen LogP contribution in [0.1, 0.15) is 36.0 Å². The maximum Gasteiger partial charge on any atom is 0.253 e. The average Bonchev–Trinajstić information content (AvgIpc) is 2.47. The molecule has 1 aromatic rings. The molecular formula is C15H21N3O2. The highest BCUT2D eigenvalue weighted by Crippen LogP contribution is 2.25. The fourth-order valence-electron chi connectivity index (χ4n) is 2.54. The summed E-state index contributed by atoms with van der Waals surface area (Å²) in [5.41, 5.74) is 6.89. The molecule has 0 aromatic heterocycles. The van der Waals surface area contributed by atoms with Crippen molar-refractivity contribution < 1.29 is 9.59 Å². The number of hydrogen-bond donors (Lipinski definition) is 3. The fraction of sp³-hybridized carbons (Fsp3) is 0.467. The molecule has 1 fully saturated rings. The Balaban J connectivity index is 2.06. The minimum absolute atomic E-state index is 0.00690. The summed E-state index contributed by atoms with van der Waals surface area (Å²) in [6, 6.07) is 7.25. The van der Waals surface area contributed by atoms with E-state index in [9.17, 15) is 9.59 Å². The van der Waals surface area contributed by atoms with E-state index in [0.717, 1.165) is 25.7 Å². The number of amides is 2. The first kappa shape index (κ1) is 14.5. The van der Waals surface area contributed by atoms with Crippen molar-refractivity contribution in [2.75, 3.05) is 12.4 Å². The zero-order valence-corrected chi connectivity index (χ0v) is 11.7. The van der Waals surface area contributed by atoms with Crippen molar-refractivity contribution in [3.63, 3.8) is 0 Å². The van der Waals surface area contributed by atoms with Gasteiger partial charge in [-0.15, -0.1) is 0 Å². The zero-order valence-electron chi connectivity index (χ0n) is 11.7. The molecule has 0 bridgehead atoms. The number of rotatable bonds is 3. The van der Waals surface area contributed by atoms with Crippen molar-refractivity contribution in [3.8, 4) is 0 Å². The molecule has 0 radical (unpaired) electrons. The van der Waals surface area contributed by atoms with E-state index < -0.39 is 0 Å². The van der Waals surface area contributed by atoms with Gasteiger partial charge in [-0.25, -0.2) is 0 Å². The van der Waals surface area contributed by atoms with Gasteiger partial charge in [-0.3, -0.25) is 9.59 Å². The van der Waals surface area contributed by atoms with Crippen LogP contribution in [0.15, 0.2) is 24.3 Å². The van der Waals surface area contributed by atoms with Crippen molar-refractivity contribution >= 4 is 17.5 Å². The van der Waals surface area contributed by atoms with E-state index in [-0.39, 0.29) is 23.8 Å². The molecule has 2 amide bonds. The van der Waals surface area contributed by atoms with Crippen LogP contribution in [-0.4, -0.2) is 24.9 Å². The molecule has 0 atom stereocenters. The van der Waals surface area contributed by atoms with E-state index in [4.69, 9.17) is 5.73 Å². The smallest absolute Gasteiger partial charge is 0.253 e. The van der Waals surface area contributed by atoms with Crippen molar-refractivity contribution in [1.29, 1.82) is 0 Å². The summed E-state index contributed by atoms with van der Waals surface area (Å²) >= 11 is 0. The molecule has 5 nitrogen and oxygen atoms in total. The molecule has 0 aliphatic heterocycles. The second-order valence-corrected chi connectivity index (χ2v) is 5.23. The minimum atomic E-state index is -0.202. The molecule has 1 saturated carbocycles. The highest BCUT2D eigenvalue weighted by molar-refractivity contribution is 6.04. The van der Waals surface area contributed by atoms with Crippen LogP contribution in [-0.2, 0) is 4.79 Å². The number of anilines is 1. The van der Waals surface area contributed by atoms with Crippen molar-refractivity contribution in [1.82, 2.24) is 5.32 Å². The van der Waals surface area contributed by atoms with E-state index in [1.165, 1.54) is 0 Å². The Hall–Kier alpha value is -1.88. The van der Waals surface area contributed by atoms with Crippen LogP contribution < -0.4 is 16.4 Å². The van der Waals surface area contributed by atoms with Crippen molar-refractivity contribution in [2.45, 2.75) is 31.7 Å². The van der Waals surface area contributed by atoms with Crippen LogP contribution in [0.5, 0.6) is 0 Å². The molecule has 2 rings (SSSR count). The molecule has 1 aromatic carbocycles. The van der Waals surface area contributed by atoms with Gasteiger partial charge in [0.2, 0.25) is 5.91 Å². The van der Waals surface area contributed by atoms with Crippen LogP contribution >= 0.6 is 0 Å². The number of carbonyl (C=O) groups excluding carboxylic acids is 2. The van der Waals surface area contributed by atoms with E-state index in [1.54, 1.807) is 31.3 Å². The summed E-state index contributed by atoms with van der Waals surface area (Å²) in [4.78, 5) is 24.0. The summed E-state index contributed by atoms with van der Waals surface area (Å²) in [5.74, 6) is -0.229. The monoisotopic (exact) mass is 275 g/mol. The first-order valence-corrected chi connectivity index (χ1v) is 6.99. The van der Waals surface area contributed by atoms with Crippen LogP contribution in [0, 0.1) is 5.92 Å². The molecular weight excluding hydrogens is 254 g/mol.